The van der Waals surface area contributed by atoms with Crippen LogP contribution >= 0.6 is 24.0 Å². The molecule has 0 aromatic heterocycles. The zero-order chi connectivity index (χ0) is 14.8. The Morgan fingerprint density at radius 2 is 1.71 bits per heavy atom. The lowest BCUT2D eigenvalue weighted by atomic mass is 10.2. The Morgan fingerprint density at radius 3 is 2.38 bits per heavy atom. The van der Waals surface area contributed by atoms with Crippen LogP contribution < -0.4 is 4.90 Å². The average Bonchev–Trinajstić information content (AvgIpc) is 2.77. The van der Waals surface area contributed by atoms with E-state index in [-0.39, 0.29) is 11.7 Å². The van der Waals surface area contributed by atoms with Gasteiger partial charge >= 0.3 is 0 Å². The van der Waals surface area contributed by atoms with Gasteiger partial charge in [-0.15, -0.1) is 0 Å². The van der Waals surface area contributed by atoms with Crippen molar-refractivity contribution in [2.75, 3.05) is 4.90 Å². The fourth-order valence-corrected chi connectivity index (χ4v) is 3.28. The molecule has 2 nitrogen and oxygen atoms in total. The van der Waals surface area contributed by atoms with E-state index in [1.54, 1.807) is 18.2 Å². The van der Waals surface area contributed by atoms with Crippen molar-refractivity contribution in [1.29, 1.82) is 0 Å². The molecule has 0 N–H and O–H groups in total. The maximum Gasteiger partial charge on any atom is 0.270 e. The van der Waals surface area contributed by atoms with Crippen molar-refractivity contribution in [2.24, 2.45) is 0 Å². The zero-order valence-electron chi connectivity index (χ0n) is 10.8. The highest BCUT2D eigenvalue weighted by atomic mass is 32.2. The second-order valence-corrected chi connectivity index (χ2v) is 6.08. The van der Waals surface area contributed by atoms with E-state index in [0.717, 1.165) is 11.3 Å². The van der Waals surface area contributed by atoms with Gasteiger partial charge in [-0.25, -0.2) is 4.39 Å². The number of hydrogen-bond acceptors (Lipinski definition) is 3. The summed E-state index contributed by atoms with van der Waals surface area (Å²) >= 11 is 6.53. The first-order valence-electron chi connectivity index (χ1n) is 6.24. The van der Waals surface area contributed by atoms with E-state index in [9.17, 15) is 9.18 Å². The molecule has 21 heavy (non-hydrogen) atoms. The van der Waals surface area contributed by atoms with Crippen LogP contribution in [0.3, 0.4) is 0 Å². The van der Waals surface area contributed by atoms with Gasteiger partial charge in [-0.2, -0.15) is 0 Å². The minimum atomic E-state index is -0.302. The van der Waals surface area contributed by atoms with Gasteiger partial charge in [0.15, 0.2) is 4.32 Å². The summed E-state index contributed by atoms with van der Waals surface area (Å²) in [5.74, 6) is -0.454. The molecule has 104 valence electrons. The number of hydrogen-bond donors (Lipinski definition) is 0. The van der Waals surface area contributed by atoms with Gasteiger partial charge in [0.05, 0.1) is 10.6 Å². The molecule has 1 aliphatic heterocycles. The lowest BCUT2D eigenvalue weighted by Gasteiger charge is -2.13. The number of halogens is 1. The average molecular weight is 315 g/mol. The van der Waals surface area contributed by atoms with Crippen LogP contribution in [0.5, 0.6) is 0 Å². The standard InChI is InChI=1S/C16H10FNOS2/c17-12-8-6-11(7-9-12)10-14-15(19)18(16(20)21-14)13-4-2-1-3-5-13/h1-10H/b14-10+. The van der Waals surface area contributed by atoms with Gasteiger partial charge in [-0.05, 0) is 35.9 Å². The van der Waals surface area contributed by atoms with Crippen molar-refractivity contribution in [3.05, 3.63) is 70.9 Å². The second kappa shape index (κ2) is 5.79. The highest BCUT2D eigenvalue weighted by Crippen LogP contribution is 2.35. The SMILES string of the molecule is O=C1/C(=C\c2ccc(F)cc2)SC(=S)N1c1ccccc1. The molecule has 1 saturated heterocycles. The Morgan fingerprint density at radius 1 is 1.05 bits per heavy atom. The Labute approximate surface area is 131 Å². The zero-order valence-corrected chi connectivity index (χ0v) is 12.5. The van der Waals surface area contributed by atoms with Gasteiger partial charge in [-0.3, -0.25) is 9.69 Å². The molecule has 0 aliphatic carbocycles. The molecule has 0 radical (unpaired) electrons. The molecular formula is C16H10FNOS2. The number of anilines is 1. The number of carbonyl (C=O) groups excluding carboxylic acids is 1. The number of thiocarbonyl (C=S) groups is 1. The van der Waals surface area contributed by atoms with Gasteiger partial charge in [0, 0.05) is 0 Å². The molecule has 0 saturated carbocycles. The smallest absolute Gasteiger partial charge is 0.268 e. The summed E-state index contributed by atoms with van der Waals surface area (Å²) in [5.41, 5.74) is 1.52. The maximum atomic E-state index is 12.9. The number of thioether (sulfide) groups is 1. The molecule has 5 heteroatoms. The van der Waals surface area contributed by atoms with E-state index in [1.807, 2.05) is 30.3 Å². The van der Waals surface area contributed by atoms with Gasteiger partial charge in [0.2, 0.25) is 0 Å². The van der Waals surface area contributed by atoms with Crippen LogP contribution in [-0.2, 0) is 4.79 Å². The van der Waals surface area contributed by atoms with Crippen LogP contribution in [0.2, 0.25) is 0 Å². The molecule has 0 atom stereocenters. The summed E-state index contributed by atoms with van der Waals surface area (Å²) < 4.78 is 13.4. The third-order valence-electron chi connectivity index (χ3n) is 2.98. The predicted molar refractivity (Wildman–Crippen MR) is 88.5 cm³/mol. The predicted octanol–water partition coefficient (Wildman–Crippen LogP) is 4.23. The largest absolute Gasteiger partial charge is 0.270 e. The third-order valence-corrected chi connectivity index (χ3v) is 4.28. The van der Waals surface area contributed by atoms with Gasteiger partial charge in [0.1, 0.15) is 5.82 Å². The first-order chi connectivity index (χ1) is 10.1. The highest BCUT2D eigenvalue weighted by molar-refractivity contribution is 8.27. The molecule has 2 aromatic rings. The number of carbonyl (C=O) groups is 1. The molecule has 0 bridgehead atoms. The van der Waals surface area contributed by atoms with Gasteiger partial charge in [-0.1, -0.05) is 54.3 Å². The lowest BCUT2D eigenvalue weighted by Crippen LogP contribution is -2.27. The molecule has 1 heterocycles. The van der Waals surface area contributed by atoms with Crippen LogP contribution in [0, 0.1) is 5.82 Å². The van der Waals surface area contributed by atoms with E-state index in [4.69, 9.17) is 12.2 Å². The molecule has 1 amide bonds. The molecule has 3 rings (SSSR count). The van der Waals surface area contributed by atoms with Crippen LogP contribution in [0.4, 0.5) is 10.1 Å². The lowest BCUT2D eigenvalue weighted by molar-refractivity contribution is -0.113. The summed E-state index contributed by atoms with van der Waals surface area (Å²) in [6.07, 6.45) is 1.72. The van der Waals surface area contributed by atoms with Crippen LogP contribution in [0.1, 0.15) is 5.56 Å². The Hall–Kier alpha value is -1.98. The molecule has 0 spiro atoms. The molecule has 1 aliphatic rings. The fraction of sp³-hybridized carbons (Fsp3) is 0. The molecule has 2 aromatic carbocycles. The minimum Gasteiger partial charge on any atom is -0.268 e. The number of benzene rings is 2. The summed E-state index contributed by atoms with van der Waals surface area (Å²) in [4.78, 5) is 14.5. The van der Waals surface area contributed by atoms with Crippen molar-refractivity contribution in [1.82, 2.24) is 0 Å². The minimum absolute atomic E-state index is 0.152. The van der Waals surface area contributed by atoms with E-state index in [0.29, 0.717) is 9.23 Å². The molecular weight excluding hydrogens is 305 g/mol. The van der Waals surface area contributed by atoms with Crippen molar-refractivity contribution in [2.45, 2.75) is 0 Å². The van der Waals surface area contributed by atoms with E-state index in [2.05, 4.69) is 0 Å². The van der Waals surface area contributed by atoms with Gasteiger partial charge < -0.3 is 0 Å². The van der Waals surface area contributed by atoms with Crippen LogP contribution in [-0.4, -0.2) is 10.2 Å². The summed E-state index contributed by atoms with van der Waals surface area (Å²) in [6.45, 7) is 0. The number of amides is 1. The quantitative estimate of drug-likeness (QED) is 0.611. The molecule has 1 fully saturated rings. The number of para-hydroxylation sites is 1. The monoisotopic (exact) mass is 315 g/mol. The number of nitrogens with zero attached hydrogens (tertiary/aromatic N) is 1. The first-order valence-corrected chi connectivity index (χ1v) is 7.46. The summed E-state index contributed by atoms with van der Waals surface area (Å²) in [5, 5.41) is 0. The summed E-state index contributed by atoms with van der Waals surface area (Å²) in [6, 6.07) is 15.3. The Balaban J connectivity index is 1.92. The second-order valence-electron chi connectivity index (χ2n) is 4.40. The van der Waals surface area contributed by atoms with Crippen LogP contribution in [0.15, 0.2) is 59.5 Å². The topological polar surface area (TPSA) is 20.3 Å². The van der Waals surface area contributed by atoms with Crippen molar-refractivity contribution in [3.8, 4) is 0 Å². The maximum absolute atomic E-state index is 12.9. The van der Waals surface area contributed by atoms with E-state index < -0.39 is 0 Å². The van der Waals surface area contributed by atoms with E-state index in [1.165, 1.54) is 28.8 Å². The Bertz CT molecular complexity index is 726. The van der Waals surface area contributed by atoms with Gasteiger partial charge in [0.25, 0.3) is 5.91 Å². The van der Waals surface area contributed by atoms with Crippen molar-refractivity contribution in [3.63, 3.8) is 0 Å². The highest BCUT2D eigenvalue weighted by Gasteiger charge is 2.33. The first kappa shape index (κ1) is 14.0. The fourth-order valence-electron chi connectivity index (χ4n) is 1.98. The van der Waals surface area contributed by atoms with E-state index >= 15 is 0 Å². The normalized spacial score (nSPS) is 16.8. The Kier molecular flexibility index (Phi) is 3.86. The van der Waals surface area contributed by atoms with Crippen LogP contribution in [0.25, 0.3) is 6.08 Å². The number of rotatable bonds is 2. The van der Waals surface area contributed by atoms with Crippen molar-refractivity contribution < 1.29 is 9.18 Å². The summed E-state index contributed by atoms with van der Waals surface area (Å²) in [7, 11) is 0. The third kappa shape index (κ3) is 2.89. The molecule has 0 unspecified atom stereocenters. The van der Waals surface area contributed by atoms with Crippen molar-refractivity contribution >= 4 is 46.0 Å².